The summed E-state index contributed by atoms with van der Waals surface area (Å²) >= 11 is 0. The zero-order valence-corrected chi connectivity index (χ0v) is 11.9. The van der Waals surface area contributed by atoms with Crippen molar-refractivity contribution in [1.82, 2.24) is 9.55 Å². The van der Waals surface area contributed by atoms with Crippen molar-refractivity contribution in [3.8, 4) is 0 Å². The van der Waals surface area contributed by atoms with Gasteiger partial charge in [0.25, 0.3) is 0 Å². The first-order valence-electron chi connectivity index (χ1n) is 6.58. The van der Waals surface area contributed by atoms with E-state index in [0.717, 1.165) is 23.2 Å². The summed E-state index contributed by atoms with van der Waals surface area (Å²) in [6.45, 7) is 5.50. The van der Waals surface area contributed by atoms with Gasteiger partial charge in [-0.15, -0.1) is 0 Å². The van der Waals surface area contributed by atoms with Crippen LogP contribution in [0.5, 0.6) is 0 Å². The Balaban J connectivity index is 2.27. The molecular formula is C15H15F2N3O. The largest absolute Gasteiger partial charge is 0.466 e. The lowest BCUT2D eigenvalue weighted by atomic mass is 10.1. The molecule has 2 heterocycles. The van der Waals surface area contributed by atoms with Gasteiger partial charge >= 0.3 is 0 Å². The molecule has 0 saturated heterocycles. The molecule has 1 atom stereocenters. The maximum atomic E-state index is 14.1. The fourth-order valence-corrected chi connectivity index (χ4v) is 2.74. The van der Waals surface area contributed by atoms with Gasteiger partial charge in [-0.1, -0.05) is 0 Å². The van der Waals surface area contributed by atoms with Crippen molar-refractivity contribution in [2.75, 3.05) is 5.73 Å². The number of hydrogen-bond donors (Lipinski definition) is 1. The Kier molecular flexibility index (Phi) is 2.97. The van der Waals surface area contributed by atoms with E-state index in [0.29, 0.717) is 5.52 Å². The Morgan fingerprint density at radius 3 is 2.62 bits per heavy atom. The average molecular weight is 291 g/mol. The number of nitrogens with zero attached hydrogens (tertiary/aromatic N) is 2. The normalized spacial score (nSPS) is 13.0. The Bertz CT molecular complexity index is 835. The Morgan fingerprint density at radius 1 is 1.29 bits per heavy atom. The van der Waals surface area contributed by atoms with Gasteiger partial charge in [-0.25, -0.2) is 13.8 Å². The Hall–Kier alpha value is -2.37. The van der Waals surface area contributed by atoms with E-state index in [1.807, 2.05) is 26.8 Å². The Labute approximate surface area is 120 Å². The van der Waals surface area contributed by atoms with E-state index >= 15 is 0 Å². The molecule has 0 spiro atoms. The molecule has 6 heteroatoms. The standard InChI is InChI=1S/C15H15F2N3O/c1-7-6-10(9(3)21-7)8(2)20-14-12(19-15(20)18)5-4-11(16)13(14)17/h4-6,8H,1-3H3,(H2,18,19). The minimum absolute atomic E-state index is 0.0678. The lowest BCUT2D eigenvalue weighted by Crippen LogP contribution is -2.11. The number of benzene rings is 1. The SMILES string of the molecule is Cc1cc(C(C)n2c(N)nc3ccc(F)c(F)c32)c(C)o1. The van der Waals surface area contributed by atoms with Crippen LogP contribution < -0.4 is 5.73 Å². The van der Waals surface area contributed by atoms with Gasteiger partial charge < -0.3 is 14.7 Å². The average Bonchev–Trinajstić information content (AvgIpc) is 2.93. The molecule has 3 aromatic rings. The van der Waals surface area contributed by atoms with Crippen molar-refractivity contribution < 1.29 is 13.2 Å². The van der Waals surface area contributed by atoms with Crippen molar-refractivity contribution in [2.45, 2.75) is 26.8 Å². The molecule has 0 aliphatic carbocycles. The first-order chi connectivity index (χ1) is 9.90. The third-order valence-corrected chi connectivity index (χ3v) is 3.69. The molecule has 2 N–H and O–H groups in total. The summed E-state index contributed by atoms with van der Waals surface area (Å²) in [5.41, 5.74) is 7.16. The number of aromatic nitrogens is 2. The quantitative estimate of drug-likeness (QED) is 0.783. The maximum absolute atomic E-state index is 14.1. The van der Waals surface area contributed by atoms with Crippen LogP contribution in [0.25, 0.3) is 11.0 Å². The van der Waals surface area contributed by atoms with Gasteiger partial charge in [-0.2, -0.15) is 0 Å². The van der Waals surface area contributed by atoms with E-state index in [4.69, 9.17) is 10.2 Å². The summed E-state index contributed by atoms with van der Waals surface area (Å²) in [7, 11) is 0. The van der Waals surface area contributed by atoms with Crippen LogP contribution in [0.4, 0.5) is 14.7 Å². The number of rotatable bonds is 2. The van der Waals surface area contributed by atoms with E-state index in [1.54, 1.807) is 0 Å². The van der Waals surface area contributed by atoms with Crippen molar-refractivity contribution >= 4 is 17.0 Å². The first kappa shape index (κ1) is 13.6. The summed E-state index contributed by atoms with van der Waals surface area (Å²) in [5.74, 6) is -0.250. The molecule has 110 valence electrons. The molecule has 4 nitrogen and oxygen atoms in total. The Morgan fingerprint density at radius 2 is 2.00 bits per heavy atom. The highest BCUT2D eigenvalue weighted by Crippen LogP contribution is 2.32. The number of halogens is 2. The highest BCUT2D eigenvalue weighted by atomic mass is 19.2. The van der Waals surface area contributed by atoms with Gasteiger partial charge in [-0.05, 0) is 39.0 Å². The van der Waals surface area contributed by atoms with Crippen LogP contribution in [-0.4, -0.2) is 9.55 Å². The molecule has 0 radical (unpaired) electrons. The lowest BCUT2D eigenvalue weighted by Gasteiger charge is -2.15. The van der Waals surface area contributed by atoms with E-state index in [2.05, 4.69) is 4.98 Å². The molecule has 1 aromatic carbocycles. The van der Waals surface area contributed by atoms with E-state index < -0.39 is 11.6 Å². The predicted octanol–water partition coefficient (Wildman–Crippen LogP) is 3.72. The fourth-order valence-electron chi connectivity index (χ4n) is 2.74. The van der Waals surface area contributed by atoms with E-state index in [1.165, 1.54) is 10.6 Å². The highest BCUT2D eigenvalue weighted by Gasteiger charge is 2.22. The predicted molar refractivity (Wildman–Crippen MR) is 76.1 cm³/mol. The van der Waals surface area contributed by atoms with Gasteiger partial charge in [-0.3, -0.25) is 0 Å². The molecule has 0 saturated carbocycles. The number of anilines is 1. The molecule has 21 heavy (non-hydrogen) atoms. The molecule has 0 aliphatic rings. The number of aryl methyl sites for hydroxylation is 2. The third kappa shape index (κ3) is 1.98. The van der Waals surface area contributed by atoms with Crippen molar-refractivity contribution in [3.05, 3.63) is 46.9 Å². The molecular weight excluding hydrogens is 276 g/mol. The number of nitrogen functional groups attached to an aromatic ring is 1. The second-order valence-electron chi connectivity index (χ2n) is 5.11. The van der Waals surface area contributed by atoms with Crippen LogP contribution in [-0.2, 0) is 0 Å². The van der Waals surface area contributed by atoms with Crippen LogP contribution in [0.3, 0.4) is 0 Å². The van der Waals surface area contributed by atoms with Crippen molar-refractivity contribution in [3.63, 3.8) is 0 Å². The summed E-state index contributed by atoms with van der Waals surface area (Å²) in [4.78, 5) is 4.10. The third-order valence-electron chi connectivity index (χ3n) is 3.69. The van der Waals surface area contributed by atoms with Gasteiger partial charge in [0, 0.05) is 5.56 Å². The van der Waals surface area contributed by atoms with Crippen molar-refractivity contribution in [1.29, 1.82) is 0 Å². The van der Waals surface area contributed by atoms with Crippen LogP contribution >= 0.6 is 0 Å². The number of imidazole rings is 1. The van der Waals surface area contributed by atoms with Crippen LogP contribution in [0, 0.1) is 25.5 Å². The van der Waals surface area contributed by atoms with E-state index in [9.17, 15) is 8.78 Å². The minimum atomic E-state index is -0.943. The second kappa shape index (κ2) is 4.58. The summed E-state index contributed by atoms with van der Waals surface area (Å²) in [6, 6.07) is 4.01. The summed E-state index contributed by atoms with van der Waals surface area (Å²) in [5, 5.41) is 0. The molecule has 0 aliphatic heterocycles. The van der Waals surface area contributed by atoms with E-state index in [-0.39, 0.29) is 17.5 Å². The number of hydrogen-bond acceptors (Lipinski definition) is 3. The van der Waals surface area contributed by atoms with Gasteiger partial charge in [0.05, 0.1) is 11.6 Å². The second-order valence-corrected chi connectivity index (χ2v) is 5.11. The van der Waals surface area contributed by atoms with Crippen LogP contribution in [0.15, 0.2) is 22.6 Å². The van der Waals surface area contributed by atoms with Crippen LogP contribution in [0.1, 0.15) is 30.0 Å². The topological polar surface area (TPSA) is 57.0 Å². The zero-order valence-electron chi connectivity index (χ0n) is 11.9. The minimum Gasteiger partial charge on any atom is -0.466 e. The molecule has 3 rings (SSSR count). The van der Waals surface area contributed by atoms with Crippen molar-refractivity contribution in [2.24, 2.45) is 0 Å². The molecule has 0 bridgehead atoms. The zero-order chi connectivity index (χ0) is 15.3. The van der Waals surface area contributed by atoms with Gasteiger partial charge in [0.2, 0.25) is 5.95 Å². The number of fused-ring (bicyclic) bond motifs is 1. The highest BCUT2D eigenvalue weighted by molar-refractivity contribution is 5.79. The lowest BCUT2D eigenvalue weighted by molar-refractivity contribution is 0.492. The smallest absolute Gasteiger partial charge is 0.201 e. The fraction of sp³-hybridized carbons (Fsp3) is 0.267. The summed E-state index contributed by atoms with van der Waals surface area (Å²) < 4.78 is 34.6. The molecule has 2 aromatic heterocycles. The molecule has 1 unspecified atom stereocenters. The van der Waals surface area contributed by atoms with Gasteiger partial charge in [0.15, 0.2) is 11.6 Å². The molecule has 0 fully saturated rings. The maximum Gasteiger partial charge on any atom is 0.201 e. The number of nitrogens with two attached hydrogens (primary N) is 1. The summed E-state index contributed by atoms with van der Waals surface area (Å²) in [6.07, 6.45) is 0. The monoisotopic (exact) mass is 291 g/mol. The van der Waals surface area contributed by atoms with Crippen LogP contribution in [0.2, 0.25) is 0 Å². The molecule has 0 amide bonds. The van der Waals surface area contributed by atoms with Gasteiger partial charge in [0.1, 0.15) is 17.0 Å². The number of furan rings is 1. The first-order valence-corrected chi connectivity index (χ1v) is 6.58.